The first-order chi connectivity index (χ1) is 9.98. The van der Waals surface area contributed by atoms with Crippen molar-refractivity contribution in [1.82, 2.24) is 0 Å². The molecule has 6 heteroatoms. The summed E-state index contributed by atoms with van der Waals surface area (Å²) in [6.07, 6.45) is 4.84. The SMILES string of the molecule is C=CC[C]1(CC(=O)O)[C]2([C](CC=C)(C(=O)O)[Sn]2([CH3])[CH3])[Sn]1([CH3])[CH3]. The number of hydrogen-bond acceptors (Lipinski definition) is 2. The predicted molar refractivity (Wildman–Crippen MR) is 92.6 cm³/mol. The van der Waals surface area contributed by atoms with Crippen LogP contribution in [0, 0.1) is 0 Å². The number of hydrogen-bond donors (Lipinski definition) is 2. The molecule has 122 valence electrons. The molecule has 2 aliphatic rings. The predicted octanol–water partition coefficient (Wildman–Crippen LogP) is 3.90. The van der Waals surface area contributed by atoms with Crippen LogP contribution in [0.1, 0.15) is 19.3 Å². The molecule has 3 atom stereocenters. The fraction of sp³-hybridized carbons (Fsp3) is 0.625. The Bertz CT molecular complexity index is 583. The van der Waals surface area contributed by atoms with E-state index in [1.165, 1.54) is 0 Å². The monoisotopic (exact) mass is 522 g/mol. The van der Waals surface area contributed by atoms with E-state index in [2.05, 4.69) is 32.9 Å². The van der Waals surface area contributed by atoms with E-state index < -0.39 is 52.1 Å². The number of allylic oxidation sites excluding steroid dienone is 2. The van der Waals surface area contributed by atoms with Gasteiger partial charge in [-0.15, -0.1) is 0 Å². The number of carboxylic acids is 2. The van der Waals surface area contributed by atoms with Crippen LogP contribution in [0.15, 0.2) is 25.3 Å². The second kappa shape index (κ2) is 5.01. The van der Waals surface area contributed by atoms with Crippen LogP contribution in [0.5, 0.6) is 0 Å². The fourth-order valence-electron chi connectivity index (χ4n) is 6.82. The van der Waals surface area contributed by atoms with Gasteiger partial charge in [0, 0.05) is 0 Å². The molecular weight excluding hydrogens is 494 g/mol. The maximum absolute atomic E-state index is 12.3. The third kappa shape index (κ3) is 1.52. The van der Waals surface area contributed by atoms with Crippen molar-refractivity contribution >= 4 is 48.7 Å². The number of carboxylic acid groups (broad SMARTS) is 2. The molecule has 0 bridgehead atoms. The van der Waals surface area contributed by atoms with Gasteiger partial charge in [-0.05, 0) is 0 Å². The van der Waals surface area contributed by atoms with Crippen molar-refractivity contribution in [2.45, 2.75) is 47.3 Å². The minimum absolute atomic E-state index is 0.120. The summed E-state index contributed by atoms with van der Waals surface area (Å²) < 4.78 is -1.05. The van der Waals surface area contributed by atoms with Crippen LogP contribution in [-0.4, -0.2) is 58.9 Å². The second-order valence-electron chi connectivity index (χ2n) is 7.85. The van der Waals surface area contributed by atoms with Gasteiger partial charge in [0.2, 0.25) is 0 Å². The first-order valence-corrected chi connectivity index (χ1v) is 24.8. The molecule has 0 saturated carbocycles. The van der Waals surface area contributed by atoms with Gasteiger partial charge in [-0.2, -0.15) is 0 Å². The van der Waals surface area contributed by atoms with E-state index >= 15 is 0 Å². The molecule has 0 aromatic carbocycles. The Hall–Kier alpha value is 0.0174. The van der Waals surface area contributed by atoms with Crippen LogP contribution in [0.4, 0.5) is 0 Å². The zero-order chi connectivity index (χ0) is 17.2. The normalized spacial score (nSPS) is 40.0. The number of carbonyl (C=O) groups is 2. The minimum atomic E-state index is -2.98. The van der Waals surface area contributed by atoms with Crippen molar-refractivity contribution in [2.24, 2.45) is 0 Å². The van der Waals surface area contributed by atoms with Crippen LogP contribution in [0.3, 0.4) is 0 Å². The zero-order valence-corrected chi connectivity index (χ0v) is 19.6. The van der Waals surface area contributed by atoms with Gasteiger partial charge in [-0.25, -0.2) is 0 Å². The quantitative estimate of drug-likeness (QED) is 0.395. The zero-order valence-electron chi connectivity index (χ0n) is 13.9. The molecule has 0 aliphatic carbocycles. The van der Waals surface area contributed by atoms with Gasteiger partial charge in [0.25, 0.3) is 0 Å². The van der Waals surface area contributed by atoms with Crippen LogP contribution < -0.4 is 0 Å². The molecule has 3 unspecified atom stereocenters. The van der Waals surface area contributed by atoms with Crippen LogP contribution in [0.2, 0.25) is 28.1 Å². The van der Waals surface area contributed by atoms with Crippen molar-refractivity contribution in [2.75, 3.05) is 0 Å². The second-order valence-corrected chi connectivity index (χ2v) is 39.9. The summed E-state index contributed by atoms with van der Waals surface area (Å²) in [5.41, 5.74) is 0. The van der Waals surface area contributed by atoms with Crippen molar-refractivity contribution < 1.29 is 19.8 Å². The van der Waals surface area contributed by atoms with Crippen LogP contribution >= 0.6 is 0 Å². The van der Waals surface area contributed by atoms with Gasteiger partial charge in [-0.1, -0.05) is 0 Å². The van der Waals surface area contributed by atoms with Crippen molar-refractivity contribution in [3.8, 4) is 0 Å². The Morgan fingerprint density at radius 2 is 1.50 bits per heavy atom. The van der Waals surface area contributed by atoms with Gasteiger partial charge >= 0.3 is 141 Å². The first kappa shape index (κ1) is 18.4. The Morgan fingerprint density at radius 3 is 1.86 bits per heavy atom. The van der Waals surface area contributed by atoms with Crippen molar-refractivity contribution in [1.29, 1.82) is 0 Å². The summed E-state index contributed by atoms with van der Waals surface area (Å²) >= 11 is -5.86. The molecule has 2 fully saturated rings. The van der Waals surface area contributed by atoms with Gasteiger partial charge in [0.05, 0.1) is 0 Å². The Morgan fingerprint density at radius 1 is 1.00 bits per heavy atom. The summed E-state index contributed by atoms with van der Waals surface area (Å²) in [7, 11) is 0. The molecule has 2 heterocycles. The van der Waals surface area contributed by atoms with E-state index in [4.69, 9.17) is 0 Å². The van der Waals surface area contributed by atoms with E-state index in [-0.39, 0.29) is 11.3 Å². The molecule has 0 aromatic heterocycles. The Kier molecular flexibility index (Phi) is 4.18. The molecule has 22 heavy (non-hydrogen) atoms. The van der Waals surface area contributed by atoms with E-state index in [9.17, 15) is 19.8 Å². The summed E-state index contributed by atoms with van der Waals surface area (Å²) in [4.78, 5) is 32.8. The molecule has 2 rings (SSSR count). The number of rotatable bonds is 7. The summed E-state index contributed by atoms with van der Waals surface area (Å²) in [5.74, 6) is -1.50. The number of aliphatic carboxylic acids is 2. The molecule has 2 N–H and O–H groups in total. The first-order valence-electron chi connectivity index (χ1n) is 7.65. The fourth-order valence-corrected chi connectivity index (χ4v) is 111. The van der Waals surface area contributed by atoms with Gasteiger partial charge in [0.1, 0.15) is 0 Å². The Labute approximate surface area is 140 Å². The van der Waals surface area contributed by atoms with Gasteiger partial charge in [0.15, 0.2) is 0 Å². The van der Waals surface area contributed by atoms with Gasteiger partial charge in [-0.3, -0.25) is 0 Å². The average Bonchev–Trinajstić information content (AvgIpc) is 2.99. The van der Waals surface area contributed by atoms with Gasteiger partial charge < -0.3 is 0 Å². The molecular formula is C16H26O4Sn2. The van der Waals surface area contributed by atoms with Crippen molar-refractivity contribution in [3.05, 3.63) is 25.3 Å². The maximum atomic E-state index is 12.3. The average molecular weight is 520 g/mol. The molecule has 2 aliphatic heterocycles. The van der Waals surface area contributed by atoms with E-state index in [0.717, 1.165) is 0 Å². The van der Waals surface area contributed by atoms with E-state index in [1.807, 2.05) is 6.08 Å². The van der Waals surface area contributed by atoms with E-state index in [1.54, 1.807) is 6.08 Å². The summed E-state index contributed by atoms with van der Waals surface area (Å²) in [5, 5.41) is 19.5. The topological polar surface area (TPSA) is 74.6 Å². The Balaban J connectivity index is 2.68. The molecule has 1 spiro atoms. The molecule has 0 radical (unpaired) electrons. The molecule has 0 aromatic rings. The third-order valence-corrected chi connectivity index (χ3v) is 66.9. The third-order valence-electron chi connectivity index (χ3n) is 7.13. The summed E-state index contributed by atoms with van der Waals surface area (Å²) in [6, 6.07) is 0. The van der Waals surface area contributed by atoms with E-state index in [0.29, 0.717) is 12.8 Å². The molecule has 0 amide bonds. The standard InChI is InChI=1S/C12H14O4.4CH3.2Sn/c1-3-5-9(8-11(13)14)7-10(6-4-2)12(15)16;;;;;;/h3-4H,1-2,5-6,8H2,(H,13,14)(H,15,16);4*1H3;;. The van der Waals surface area contributed by atoms with Crippen molar-refractivity contribution in [3.63, 3.8) is 0 Å². The molecule has 2 saturated heterocycles. The van der Waals surface area contributed by atoms with Crippen LogP contribution in [0.25, 0.3) is 0 Å². The summed E-state index contributed by atoms with van der Waals surface area (Å²) in [6.45, 7) is 7.62. The van der Waals surface area contributed by atoms with Crippen LogP contribution in [-0.2, 0) is 9.59 Å². The molecule has 4 nitrogen and oxygen atoms in total.